The minimum absolute atomic E-state index is 0. The number of likely N-dealkylation sites (tertiary alicyclic amines) is 1. The molecule has 1 saturated heterocycles. The summed E-state index contributed by atoms with van der Waals surface area (Å²) in [5, 5.41) is 22.2. The van der Waals surface area contributed by atoms with Gasteiger partial charge in [-0.3, -0.25) is 4.79 Å². The van der Waals surface area contributed by atoms with Crippen molar-refractivity contribution in [3.8, 4) is 5.75 Å². The molecular weight excluding hydrogens is 488 g/mol. The number of nitrogens with two attached hydrogens (primary N) is 1. The smallest absolute Gasteiger partial charge is 0.352 e. The lowest BCUT2D eigenvalue weighted by Crippen LogP contribution is -2.71. The molecule has 202 valence electrons. The van der Waals surface area contributed by atoms with Crippen molar-refractivity contribution in [1.29, 1.82) is 0 Å². The van der Waals surface area contributed by atoms with E-state index in [0.717, 1.165) is 11.1 Å². The third kappa shape index (κ3) is 4.31. The van der Waals surface area contributed by atoms with Crippen LogP contribution in [0.5, 0.6) is 5.75 Å². The summed E-state index contributed by atoms with van der Waals surface area (Å²) in [6, 6.07) is 2.67. The molecule has 0 unspecified atom stereocenters. The van der Waals surface area contributed by atoms with E-state index in [9.17, 15) is 19.8 Å². The maximum atomic E-state index is 12.8. The molecule has 1 spiro atoms. The maximum Gasteiger partial charge on any atom is 0.352 e. The number of hydrogen-bond donors (Lipinski definition) is 3. The summed E-state index contributed by atoms with van der Waals surface area (Å²) in [4.78, 5) is 26.8. The molecule has 2 heterocycles. The Hall–Kier alpha value is -2.17. The van der Waals surface area contributed by atoms with Crippen molar-refractivity contribution in [1.82, 2.24) is 4.90 Å². The van der Waals surface area contributed by atoms with Gasteiger partial charge in [-0.05, 0) is 59.3 Å². The molecule has 1 aliphatic carbocycles. The van der Waals surface area contributed by atoms with E-state index in [0.29, 0.717) is 24.3 Å². The fourth-order valence-electron chi connectivity index (χ4n) is 5.73. The Labute approximate surface area is 219 Å². The van der Waals surface area contributed by atoms with E-state index >= 15 is 0 Å². The van der Waals surface area contributed by atoms with Crippen molar-refractivity contribution in [3.63, 3.8) is 0 Å². The summed E-state index contributed by atoms with van der Waals surface area (Å²) in [5.41, 5.74) is 5.86. The molecular formula is C26H39ClN2O7. The zero-order chi connectivity index (χ0) is 25.0. The number of aryl methyl sites for hydroxylation is 1. The topological polar surface area (TPSA) is 132 Å². The van der Waals surface area contributed by atoms with Crippen molar-refractivity contribution in [2.24, 2.45) is 5.73 Å². The highest BCUT2D eigenvalue weighted by Gasteiger charge is 2.69. The first kappa shape index (κ1) is 30.1. The molecule has 3 aliphatic rings. The number of hydrogen-bond acceptors (Lipinski definition) is 9. The van der Waals surface area contributed by atoms with Gasteiger partial charge < -0.3 is 35.1 Å². The number of ether oxygens (including phenoxy) is 3. The van der Waals surface area contributed by atoms with Crippen LogP contribution in [0.1, 0.15) is 57.7 Å². The standard InChI is InChI=1S/C25H34N2O7.CH4.ClH/c1-13-6-7-17(12-28)20-19(13)24-10-11-27(5)16(4)25(24,31)9-8-18(21(24)34-20)33-23(30)15(3)32-22(29)14(2)26;;/h6-8,14-16,21,28,31H,9-12,26H2,1-5H3;1H4;1H/t14-,15-,16+,21-,24-,25+;;/m0../s1. The largest absolute Gasteiger partial charge is 0.481 e. The Bertz CT molecular complexity index is 1050. The zero-order valence-corrected chi connectivity index (χ0v) is 21.6. The summed E-state index contributed by atoms with van der Waals surface area (Å²) in [6.45, 7) is 7.33. The van der Waals surface area contributed by atoms with E-state index in [1.165, 1.54) is 13.8 Å². The lowest BCUT2D eigenvalue weighted by molar-refractivity contribution is -0.172. The van der Waals surface area contributed by atoms with Crippen LogP contribution in [0.15, 0.2) is 24.0 Å². The zero-order valence-electron chi connectivity index (χ0n) is 20.7. The van der Waals surface area contributed by atoms with Gasteiger partial charge in [0.05, 0.1) is 17.6 Å². The summed E-state index contributed by atoms with van der Waals surface area (Å²) >= 11 is 0. The van der Waals surface area contributed by atoms with Gasteiger partial charge >= 0.3 is 11.9 Å². The van der Waals surface area contributed by atoms with Crippen LogP contribution in [0.2, 0.25) is 0 Å². The van der Waals surface area contributed by atoms with Crippen molar-refractivity contribution in [2.75, 3.05) is 13.6 Å². The number of carbonyl (C=O) groups excluding carboxylic acids is 2. The molecule has 10 heteroatoms. The molecule has 1 aromatic carbocycles. The fourth-order valence-corrected chi connectivity index (χ4v) is 5.73. The van der Waals surface area contributed by atoms with Crippen molar-refractivity contribution >= 4 is 24.3 Å². The number of fused-ring (bicyclic) bond motifs is 1. The molecule has 0 aromatic heterocycles. The maximum absolute atomic E-state index is 12.8. The number of piperidine rings is 1. The summed E-state index contributed by atoms with van der Waals surface area (Å²) in [6.07, 6.45) is 0.574. The number of carbonyl (C=O) groups is 2. The van der Waals surface area contributed by atoms with Crippen molar-refractivity contribution in [3.05, 3.63) is 40.7 Å². The lowest BCUT2D eigenvalue weighted by Gasteiger charge is -2.58. The predicted octanol–water partition coefficient (Wildman–Crippen LogP) is 2.11. The van der Waals surface area contributed by atoms with Crippen LogP contribution >= 0.6 is 12.4 Å². The van der Waals surface area contributed by atoms with Gasteiger partial charge in [-0.15, -0.1) is 12.4 Å². The average molecular weight is 527 g/mol. The van der Waals surface area contributed by atoms with Gasteiger partial charge in [0.15, 0.2) is 12.2 Å². The van der Waals surface area contributed by atoms with Gasteiger partial charge in [-0.2, -0.15) is 0 Å². The Morgan fingerprint density at radius 3 is 2.58 bits per heavy atom. The van der Waals surface area contributed by atoms with E-state index in [4.69, 9.17) is 19.9 Å². The van der Waals surface area contributed by atoms with Gasteiger partial charge in [-0.1, -0.05) is 19.6 Å². The van der Waals surface area contributed by atoms with Crippen LogP contribution in [-0.2, 0) is 31.1 Å². The van der Waals surface area contributed by atoms with Crippen LogP contribution in [0.3, 0.4) is 0 Å². The van der Waals surface area contributed by atoms with Crippen molar-refractivity contribution in [2.45, 2.75) is 89.9 Å². The quantitative estimate of drug-likeness (QED) is 0.493. The van der Waals surface area contributed by atoms with E-state index in [2.05, 4.69) is 4.90 Å². The molecule has 0 bridgehead atoms. The third-order valence-electron chi connectivity index (χ3n) is 7.82. The molecule has 1 fully saturated rings. The van der Waals surface area contributed by atoms with Gasteiger partial charge in [-0.25, -0.2) is 4.79 Å². The molecule has 0 amide bonds. The van der Waals surface area contributed by atoms with Gasteiger partial charge in [0, 0.05) is 23.6 Å². The molecule has 4 rings (SSSR count). The second-order valence-corrected chi connectivity index (χ2v) is 9.80. The van der Waals surface area contributed by atoms with Gasteiger partial charge in [0.25, 0.3) is 0 Å². The van der Waals surface area contributed by atoms with Crippen LogP contribution in [-0.4, -0.2) is 70.5 Å². The highest BCUT2D eigenvalue weighted by molar-refractivity contribution is 5.85. The number of rotatable bonds is 5. The third-order valence-corrected chi connectivity index (χ3v) is 7.82. The highest BCUT2D eigenvalue weighted by Crippen LogP contribution is 2.61. The lowest BCUT2D eigenvalue weighted by atomic mass is 9.54. The normalized spacial score (nSPS) is 30.1. The average Bonchev–Trinajstić information content (AvgIpc) is 3.16. The Morgan fingerprint density at radius 1 is 1.31 bits per heavy atom. The van der Waals surface area contributed by atoms with Crippen LogP contribution in [0.4, 0.5) is 0 Å². The van der Waals surface area contributed by atoms with Crippen molar-refractivity contribution < 1.29 is 34.0 Å². The fraction of sp³-hybridized carbons (Fsp3) is 0.615. The highest BCUT2D eigenvalue weighted by atomic mass is 35.5. The second-order valence-electron chi connectivity index (χ2n) is 9.80. The number of nitrogens with zero attached hydrogens (tertiary/aromatic N) is 1. The number of halogens is 1. The Kier molecular flexibility index (Phi) is 8.91. The molecule has 9 nitrogen and oxygen atoms in total. The number of aliphatic hydroxyl groups excluding tert-OH is 1. The minimum atomic E-state index is -1.20. The minimum Gasteiger partial charge on any atom is -0.481 e. The molecule has 0 saturated carbocycles. The van der Waals surface area contributed by atoms with Gasteiger partial charge in [0.2, 0.25) is 0 Å². The monoisotopic (exact) mass is 526 g/mol. The Morgan fingerprint density at radius 2 is 1.97 bits per heavy atom. The molecule has 4 N–H and O–H groups in total. The molecule has 0 radical (unpaired) electrons. The Balaban J connectivity index is 0.00000228. The SMILES string of the molecule is C.Cc1ccc(CO)c2c1[C@]13CCN(C)[C@H](C)[C@]1(O)CC=C(OC(=O)[C@H](C)OC(=O)[C@H](C)N)[C@@H]3O2.Cl. The van der Waals surface area contributed by atoms with Crippen LogP contribution < -0.4 is 10.5 Å². The molecule has 6 atom stereocenters. The summed E-state index contributed by atoms with van der Waals surface area (Å²) in [7, 11) is 1.98. The first-order valence-electron chi connectivity index (χ1n) is 11.7. The molecule has 1 aromatic rings. The van der Waals surface area contributed by atoms with E-state index in [1.54, 1.807) is 6.08 Å². The predicted molar refractivity (Wildman–Crippen MR) is 137 cm³/mol. The first-order chi connectivity index (χ1) is 16.0. The van der Waals surface area contributed by atoms with E-state index < -0.39 is 41.2 Å². The summed E-state index contributed by atoms with van der Waals surface area (Å²) in [5.74, 6) is -0.650. The summed E-state index contributed by atoms with van der Waals surface area (Å²) < 4.78 is 17.3. The van der Waals surface area contributed by atoms with Gasteiger partial charge in [0.1, 0.15) is 17.6 Å². The second kappa shape index (κ2) is 10.7. The van der Waals surface area contributed by atoms with Crippen LogP contribution in [0, 0.1) is 6.92 Å². The molecule has 2 aliphatic heterocycles. The van der Waals surface area contributed by atoms with E-state index in [-0.39, 0.29) is 44.7 Å². The molecule has 36 heavy (non-hydrogen) atoms. The van der Waals surface area contributed by atoms with Crippen LogP contribution in [0.25, 0.3) is 0 Å². The first-order valence-corrected chi connectivity index (χ1v) is 11.7. The number of esters is 2. The van der Waals surface area contributed by atoms with E-state index in [1.807, 2.05) is 33.0 Å². The number of likely N-dealkylation sites (N-methyl/N-ethyl adjacent to an activating group) is 1. The number of aliphatic hydroxyl groups is 2. The number of benzene rings is 1.